The second-order valence-corrected chi connectivity index (χ2v) is 8.06. The molecule has 0 radical (unpaired) electrons. The van der Waals surface area contributed by atoms with Gasteiger partial charge in [-0.25, -0.2) is 9.18 Å². The molecule has 2 N–H and O–H groups in total. The van der Waals surface area contributed by atoms with Gasteiger partial charge in [0.25, 0.3) is 0 Å². The van der Waals surface area contributed by atoms with E-state index in [1.54, 1.807) is 5.38 Å². The smallest absolute Gasteiger partial charge is 0.341 e. The number of rotatable bonds is 5. The van der Waals surface area contributed by atoms with Gasteiger partial charge >= 0.3 is 11.9 Å². The molecule has 1 saturated carbocycles. The van der Waals surface area contributed by atoms with Crippen LogP contribution in [0.15, 0.2) is 41.8 Å². The number of benzene rings is 1. The molecule has 0 spiro atoms. The van der Waals surface area contributed by atoms with E-state index in [0.717, 1.165) is 11.3 Å². The van der Waals surface area contributed by atoms with Crippen LogP contribution in [0.5, 0.6) is 0 Å². The Kier molecular flexibility index (Phi) is 4.96. The van der Waals surface area contributed by atoms with E-state index in [2.05, 4.69) is 5.32 Å². The van der Waals surface area contributed by atoms with Crippen LogP contribution in [0.4, 0.5) is 9.39 Å². The number of carboxylic acid groups (broad SMARTS) is 1. The van der Waals surface area contributed by atoms with Crippen molar-refractivity contribution in [2.24, 2.45) is 23.7 Å². The normalized spacial score (nSPS) is 24.5. The Labute approximate surface area is 170 Å². The van der Waals surface area contributed by atoms with Crippen molar-refractivity contribution >= 4 is 34.2 Å². The molecule has 1 aromatic heterocycles. The molecule has 1 amide bonds. The summed E-state index contributed by atoms with van der Waals surface area (Å²) in [6, 6.07) is 5.64. The molecule has 2 bridgehead atoms. The molecule has 8 heteroatoms. The summed E-state index contributed by atoms with van der Waals surface area (Å²) in [7, 11) is 1.24. The standard InChI is InChI=1S/C21H18FNO5S/c1-28-21(27)17-14(10-4-6-13(22)7-5-10)9-29-19(17)23-18(24)15-11-2-3-12(8-11)16(15)20(25)26/h2-7,9,11-12,15-16H,8H2,1H3,(H,23,24)(H,25,26). The molecule has 4 rings (SSSR count). The molecular formula is C21H18FNO5S. The molecule has 2 aromatic rings. The molecule has 2 aliphatic rings. The van der Waals surface area contributed by atoms with Gasteiger partial charge in [0.15, 0.2) is 0 Å². The van der Waals surface area contributed by atoms with Crippen molar-refractivity contribution in [3.05, 3.63) is 53.2 Å². The number of carboxylic acids is 1. The van der Waals surface area contributed by atoms with Crippen LogP contribution in [0.1, 0.15) is 16.8 Å². The van der Waals surface area contributed by atoms with Gasteiger partial charge in [0.05, 0.1) is 18.9 Å². The third kappa shape index (κ3) is 3.33. The highest BCUT2D eigenvalue weighted by Crippen LogP contribution is 2.49. The highest BCUT2D eigenvalue weighted by molar-refractivity contribution is 7.15. The summed E-state index contributed by atoms with van der Waals surface area (Å²) in [6.07, 6.45) is 4.41. The van der Waals surface area contributed by atoms with Crippen molar-refractivity contribution in [3.8, 4) is 11.1 Å². The predicted molar refractivity (Wildman–Crippen MR) is 105 cm³/mol. The Morgan fingerprint density at radius 1 is 1.14 bits per heavy atom. The van der Waals surface area contributed by atoms with Crippen molar-refractivity contribution in [3.63, 3.8) is 0 Å². The first kappa shape index (κ1) is 19.3. The Balaban J connectivity index is 1.66. The maximum atomic E-state index is 13.3. The van der Waals surface area contributed by atoms with E-state index in [0.29, 0.717) is 17.5 Å². The van der Waals surface area contributed by atoms with Crippen LogP contribution in [0.25, 0.3) is 11.1 Å². The molecule has 150 valence electrons. The number of methoxy groups -OCH3 is 1. The molecular weight excluding hydrogens is 397 g/mol. The molecule has 1 fully saturated rings. The van der Waals surface area contributed by atoms with E-state index in [9.17, 15) is 23.9 Å². The molecule has 4 unspecified atom stereocenters. The summed E-state index contributed by atoms with van der Waals surface area (Å²) in [5.74, 6) is -4.19. The van der Waals surface area contributed by atoms with Crippen molar-refractivity contribution in [1.82, 2.24) is 0 Å². The zero-order valence-corrected chi connectivity index (χ0v) is 16.2. The van der Waals surface area contributed by atoms with Crippen molar-refractivity contribution in [2.75, 3.05) is 12.4 Å². The lowest BCUT2D eigenvalue weighted by molar-refractivity contribution is -0.146. The first-order valence-electron chi connectivity index (χ1n) is 9.08. The van der Waals surface area contributed by atoms with Gasteiger partial charge < -0.3 is 15.2 Å². The number of carbonyl (C=O) groups is 3. The van der Waals surface area contributed by atoms with E-state index in [1.165, 1.54) is 31.4 Å². The number of ether oxygens (including phenoxy) is 1. The largest absolute Gasteiger partial charge is 0.481 e. The Morgan fingerprint density at radius 3 is 2.41 bits per heavy atom. The lowest BCUT2D eigenvalue weighted by Gasteiger charge is -2.23. The number of hydrogen-bond acceptors (Lipinski definition) is 5. The van der Waals surface area contributed by atoms with E-state index in [4.69, 9.17) is 4.74 Å². The summed E-state index contributed by atoms with van der Waals surface area (Å²) in [5.41, 5.74) is 1.29. The minimum absolute atomic E-state index is 0.126. The van der Waals surface area contributed by atoms with Gasteiger partial charge in [-0.2, -0.15) is 0 Å². The van der Waals surface area contributed by atoms with Gasteiger partial charge in [0, 0.05) is 10.9 Å². The quantitative estimate of drug-likeness (QED) is 0.572. The molecule has 0 saturated heterocycles. The number of nitrogens with one attached hydrogen (secondary N) is 1. The van der Waals surface area contributed by atoms with Crippen LogP contribution >= 0.6 is 11.3 Å². The maximum Gasteiger partial charge on any atom is 0.341 e. The van der Waals surface area contributed by atoms with Crippen molar-refractivity contribution in [1.29, 1.82) is 0 Å². The molecule has 6 nitrogen and oxygen atoms in total. The number of aliphatic carboxylic acids is 1. The van der Waals surface area contributed by atoms with Gasteiger partial charge in [0.2, 0.25) is 5.91 Å². The van der Waals surface area contributed by atoms with Gasteiger partial charge in [-0.3, -0.25) is 9.59 Å². The lowest BCUT2D eigenvalue weighted by Crippen LogP contribution is -2.36. The van der Waals surface area contributed by atoms with Crippen LogP contribution < -0.4 is 5.32 Å². The number of carbonyl (C=O) groups excluding carboxylic acids is 2. The minimum Gasteiger partial charge on any atom is -0.481 e. The zero-order chi connectivity index (χ0) is 20.7. The van der Waals surface area contributed by atoms with Crippen LogP contribution in [0.3, 0.4) is 0 Å². The number of fused-ring (bicyclic) bond motifs is 2. The number of allylic oxidation sites excluding steroid dienone is 2. The molecule has 29 heavy (non-hydrogen) atoms. The Bertz CT molecular complexity index is 1010. The van der Waals surface area contributed by atoms with Gasteiger partial charge in [0.1, 0.15) is 16.4 Å². The topological polar surface area (TPSA) is 92.7 Å². The summed E-state index contributed by atoms with van der Waals surface area (Å²) in [5, 5.41) is 14.3. The summed E-state index contributed by atoms with van der Waals surface area (Å²) >= 11 is 1.14. The highest BCUT2D eigenvalue weighted by atomic mass is 32.1. The maximum absolute atomic E-state index is 13.3. The van der Waals surface area contributed by atoms with Crippen LogP contribution in [-0.4, -0.2) is 30.1 Å². The molecule has 1 heterocycles. The van der Waals surface area contributed by atoms with Crippen molar-refractivity contribution in [2.45, 2.75) is 6.42 Å². The van der Waals surface area contributed by atoms with Gasteiger partial charge in [-0.15, -0.1) is 11.3 Å². The van der Waals surface area contributed by atoms with Gasteiger partial charge in [-0.05, 0) is 36.0 Å². The third-order valence-electron chi connectivity index (χ3n) is 5.62. The first-order chi connectivity index (χ1) is 13.9. The van der Waals surface area contributed by atoms with Crippen LogP contribution in [0.2, 0.25) is 0 Å². The SMILES string of the molecule is COC(=O)c1c(-c2ccc(F)cc2)csc1NC(=O)C1C2C=CC(C2)C1C(=O)O. The first-order valence-corrected chi connectivity index (χ1v) is 9.96. The fourth-order valence-corrected chi connectivity index (χ4v) is 5.27. The van der Waals surface area contributed by atoms with E-state index in [1.807, 2.05) is 12.2 Å². The third-order valence-corrected chi connectivity index (χ3v) is 6.52. The number of halogens is 1. The summed E-state index contributed by atoms with van der Waals surface area (Å²) in [4.78, 5) is 37.1. The Hall–Kier alpha value is -3.00. The van der Waals surface area contributed by atoms with E-state index >= 15 is 0 Å². The second kappa shape index (κ2) is 7.44. The molecule has 4 atom stereocenters. The highest BCUT2D eigenvalue weighted by Gasteiger charge is 2.51. The minimum atomic E-state index is -0.992. The Morgan fingerprint density at radius 2 is 1.79 bits per heavy atom. The van der Waals surface area contributed by atoms with Crippen LogP contribution in [0, 0.1) is 29.5 Å². The average Bonchev–Trinajstić information content (AvgIpc) is 3.42. The summed E-state index contributed by atoms with van der Waals surface area (Å²) in [6.45, 7) is 0. The van der Waals surface area contributed by atoms with Crippen LogP contribution in [-0.2, 0) is 14.3 Å². The monoisotopic (exact) mass is 415 g/mol. The molecule has 1 aromatic carbocycles. The number of thiophene rings is 1. The fraction of sp³-hybridized carbons (Fsp3) is 0.286. The number of amides is 1. The summed E-state index contributed by atoms with van der Waals surface area (Å²) < 4.78 is 18.1. The zero-order valence-electron chi connectivity index (χ0n) is 15.4. The van der Waals surface area contributed by atoms with E-state index in [-0.39, 0.29) is 22.4 Å². The second-order valence-electron chi connectivity index (χ2n) is 7.18. The molecule has 0 aliphatic heterocycles. The van der Waals surface area contributed by atoms with E-state index < -0.39 is 35.5 Å². The lowest BCUT2D eigenvalue weighted by atomic mass is 9.82. The average molecular weight is 415 g/mol. The fourth-order valence-electron chi connectivity index (χ4n) is 4.31. The number of esters is 1. The van der Waals surface area contributed by atoms with Crippen molar-refractivity contribution < 1.29 is 28.6 Å². The predicted octanol–water partition coefficient (Wildman–Crippen LogP) is 3.80. The van der Waals surface area contributed by atoms with Gasteiger partial charge in [-0.1, -0.05) is 24.3 Å². The number of hydrogen-bond donors (Lipinski definition) is 2. The molecule has 2 aliphatic carbocycles. The number of anilines is 1.